The average molecular weight is 412 g/mol. The summed E-state index contributed by atoms with van der Waals surface area (Å²) >= 11 is 0. The minimum Gasteiger partial charge on any atom is -0.314 e. The van der Waals surface area contributed by atoms with Gasteiger partial charge in [-0.2, -0.15) is 5.10 Å². The van der Waals surface area contributed by atoms with Gasteiger partial charge in [-0.1, -0.05) is 24.3 Å². The summed E-state index contributed by atoms with van der Waals surface area (Å²) in [5, 5.41) is 5.94. The fourth-order valence-electron chi connectivity index (χ4n) is 3.55. The van der Waals surface area contributed by atoms with E-state index in [4.69, 9.17) is 0 Å². The van der Waals surface area contributed by atoms with Gasteiger partial charge in [0.05, 0.1) is 11.1 Å². The second-order valence-electron chi connectivity index (χ2n) is 7.71. The molecule has 2 aromatic heterocycles. The number of rotatable bonds is 5. The molecule has 6 nitrogen and oxygen atoms in total. The monoisotopic (exact) mass is 412 g/mol. The number of hydrogen-bond acceptors (Lipinski definition) is 4. The number of anilines is 1. The molecule has 2 heterocycles. The van der Waals surface area contributed by atoms with Gasteiger partial charge in [0.2, 0.25) is 5.91 Å². The van der Waals surface area contributed by atoms with Crippen molar-refractivity contribution in [2.45, 2.75) is 26.8 Å². The lowest BCUT2D eigenvalue weighted by molar-refractivity contribution is -0.119. The highest BCUT2D eigenvalue weighted by atomic mass is 16.2. The molecule has 0 fully saturated rings. The number of fused-ring (bicyclic) bond motifs is 1. The standard InChI is InChI=1S/C25H24N4O2/c1-17-8-9-20(14-18(17)2)28(3)24(30)16-29-25(31)22-7-5-4-6-21(22)23(27-29)15-19-10-12-26-13-11-19/h4-14H,15-16H2,1-3H3. The number of nitrogens with zero attached hydrogens (tertiary/aromatic N) is 4. The molecule has 0 N–H and O–H groups in total. The first-order chi connectivity index (χ1) is 14.9. The van der Waals surface area contributed by atoms with Gasteiger partial charge < -0.3 is 4.90 Å². The predicted molar refractivity (Wildman–Crippen MR) is 122 cm³/mol. The number of amides is 1. The minimum absolute atomic E-state index is 0.129. The van der Waals surface area contributed by atoms with Crippen LogP contribution in [0, 0.1) is 13.8 Å². The molecule has 0 radical (unpaired) electrons. The molecule has 0 aliphatic heterocycles. The first-order valence-corrected chi connectivity index (χ1v) is 10.2. The van der Waals surface area contributed by atoms with E-state index in [0.29, 0.717) is 11.8 Å². The van der Waals surface area contributed by atoms with Gasteiger partial charge >= 0.3 is 0 Å². The third kappa shape index (κ3) is 4.23. The Morgan fingerprint density at radius 2 is 1.68 bits per heavy atom. The number of carbonyl (C=O) groups is 1. The van der Waals surface area contributed by atoms with Gasteiger partial charge in [0, 0.05) is 36.9 Å². The van der Waals surface area contributed by atoms with Crippen molar-refractivity contribution in [1.82, 2.24) is 14.8 Å². The molecule has 156 valence electrons. The van der Waals surface area contributed by atoms with E-state index < -0.39 is 0 Å². The van der Waals surface area contributed by atoms with Crippen LogP contribution in [0.1, 0.15) is 22.4 Å². The van der Waals surface area contributed by atoms with Crippen molar-refractivity contribution in [3.05, 3.63) is 99.7 Å². The second-order valence-corrected chi connectivity index (χ2v) is 7.71. The van der Waals surface area contributed by atoms with Gasteiger partial charge in [-0.05, 0) is 60.9 Å². The molecule has 6 heteroatoms. The van der Waals surface area contributed by atoms with Gasteiger partial charge in [-0.25, -0.2) is 4.68 Å². The maximum Gasteiger partial charge on any atom is 0.275 e. The Kier molecular flexibility index (Phi) is 5.62. The van der Waals surface area contributed by atoms with Crippen LogP contribution in [0.25, 0.3) is 10.8 Å². The maximum absolute atomic E-state index is 13.0. The molecule has 2 aromatic carbocycles. The Bertz CT molecular complexity index is 1310. The summed E-state index contributed by atoms with van der Waals surface area (Å²) in [5.41, 5.74) is 4.59. The van der Waals surface area contributed by atoms with Crippen LogP contribution in [0.2, 0.25) is 0 Å². The zero-order valence-corrected chi connectivity index (χ0v) is 17.9. The van der Waals surface area contributed by atoms with Crippen LogP contribution in [0.5, 0.6) is 0 Å². The highest BCUT2D eigenvalue weighted by Crippen LogP contribution is 2.19. The minimum atomic E-state index is -0.268. The van der Waals surface area contributed by atoms with Crippen LogP contribution in [-0.2, 0) is 17.8 Å². The van der Waals surface area contributed by atoms with Crippen LogP contribution in [0.15, 0.2) is 71.8 Å². The molecule has 0 spiro atoms. The average Bonchev–Trinajstić information content (AvgIpc) is 2.79. The zero-order valence-electron chi connectivity index (χ0n) is 17.9. The topological polar surface area (TPSA) is 68.1 Å². The summed E-state index contributed by atoms with van der Waals surface area (Å²) in [6.45, 7) is 3.91. The number of benzene rings is 2. The SMILES string of the molecule is Cc1ccc(N(C)C(=O)Cn2nc(Cc3ccncc3)c3ccccc3c2=O)cc1C. The third-order valence-electron chi connectivity index (χ3n) is 5.60. The lowest BCUT2D eigenvalue weighted by atomic mass is 10.1. The van der Waals surface area contributed by atoms with Gasteiger partial charge in [0.25, 0.3) is 5.56 Å². The fourth-order valence-corrected chi connectivity index (χ4v) is 3.55. The molecule has 0 atom stereocenters. The van der Waals surface area contributed by atoms with E-state index >= 15 is 0 Å². The Morgan fingerprint density at radius 3 is 2.39 bits per heavy atom. The summed E-state index contributed by atoms with van der Waals surface area (Å²) in [7, 11) is 1.72. The predicted octanol–water partition coefficient (Wildman–Crippen LogP) is 3.66. The lowest BCUT2D eigenvalue weighted by Crippen LogP contribution is -2.35. The molecular formula is C25H24N4O2. The largest absolute Gasteiger partial charge is 0.314 e. The summed E-state index contributed by atoms with van der Waals surface area (Å²) < 4.78 is 1.28. The van der Waals surface area contributed by atoms with Gasteiger partial charge in [-0.3, -0.25) is 14.6 Å². The molecular weight excluding hydrogens is 388 g/mol. The van der Waals surface area contributed by atoms with Crippen molar-refractivity contribution in [2.24, 2.45) is 0 Å². The highest BCUT2D eigenvalue weighted by molar-refractivity contribution is 5.93. The van der Waals surface area contributed by atoms with Gasteiger partial charge in [0.1, 0.15) is 6.54 Å². The quantitative estimate of drug-likeness (QED) is 0.502. The molecule has 31 heavy (non-hydrogen) atoms. The molecule has 0 unspecified atom stereocenters. The number of pyridine rings is 1. The second kappa shape index (κ2) is 8.52. The van der Waals surface area contributed by atoms with E-state index in [0.717, 1.165) is 33.5 Å². The molecule has 0 aliphatic rings. The van der Waals surface area contributed by atoms with E-state index in [1.165, 1.54) is 4.68 Å². The van der Waals surface area contributed by atoms with Crippen LogP contribution < -0.4 is 10.5 Å². The van der Waals surface area contributed by atoms with Crippen molar-refractivity contribution in [3.63, 3.8) is 0 Å². The van der Waals surface area contributed by atoms with Crippen LogP contribution in [0.3, 0.4) is 0 Å². The normalized spacial score (nSPS) is 10.9. The molecule has 0 saturated carbocycles. The smallest absolute Gasteiger partial charge is 0.275 e. The zero-order chi connectivity index (χ0) is 22.0. The lowest BCUT2D eigenvalue weighted by Gasteiger charge is -2.19. The van der Waals surface area contributed by atoms with Gasteiger partial charge in [0.15, 0.2) is 0 Å². The summed E-state index contributed by atoms with van der Waals surface area (Å²) in [6, 6.07) is 17.1. The van der Waals surface area contributed by atoms with Crippen molar-refractivity contribution < 1.29 is 4.79 Å². The summed E-state index contributed by atoms with van der Waals surface area (Å²) in [5.74, 6) is -0.206. The van der Waals surface area contributed by atoms with E-state index in [2.05, 4.69) is 10.1 Å². The fraction of sp³-hybridized carbons (Fsp3) is 0.200. The first kappa shape index (κ1) is 20.5. The molecule has 4 aromatic rings. The third-order valence-corrected chi connectivity index (χ3v) is 5.60. The number of likely N-dealkylation sites (N-methyl/N-ethyl adjacent to an activating group) is 1. The Balaban J connectivity index is 1.70. The van der Waals surface area contributed by atoms with Crippen LogP contribution in [0.4, 0.5) is 5.69 Å². The number of hydrogen-bond donors (Lipinski definition) is 0. The molecule has 1 amide bonds. The Labute approximate surface area is 180 Å². The molecule has 0 aliphatic carbocycles. The van der Waals surface area contributed by atoms with E-state index in [1.54, 1.807) is 30.4 Å². The first-order valence-electron chi connectivity index (χ1n) is 10.2. The van der Waals surface area contributed by atoms with Crippen LogP contribution in [-0.4, -0.2) is 27.7 Å². The molecule has 4 rings (SSSR count). The maximum atomic E-state index is 13.0. The Morgan fingerprint density at radius 1 is 0.968 bits per heavy atom. The molecule has 0 bridgehead atoms. The summed E-state index contributed by atoms with van der Waals surface area (Å²) in [6.07, 6.45) is 4.01. The van der Waals surface area contributed by atoms with Crippen molar-refractivity contribution in [3.8, 4) is 0 Å². The van der Waals surface area contributed by atoms with E-state index in [9.17, 15) is 9.59 Å². The van der Waals surface area contributed by atoms with E-state index in [-0.39, 0.29) is 18.0 Å². The number of carbonyl (C=O) groups excluding carboxylic acids is 1. The number of aromatic nitrogens is 3. The summed E-state index contributed by atoms with van der Waals surface area (Å²) in [4.78, 5) is 31.7. The van der Waals surface area contributed by atoms with E-state index in [1.807, 2.05) is 62.4 Å². The van der Waals surface area contributed by atoms with Gasteiger partial charge in [-0.15, -0.1) is 0 Å². The molecule has 0 saturated heterocycles. The van der Waals surface area contributed by atoms with Crippen molar-refractivity contribution in [1.29, 1.82) is 0 Å². The Hall–Kier alpha value is -3.80. The van der Waals surface area contributed by atoms with Crippen molar-refractivity contribution in [2.75, 3.05) is 11.9 Å². The number of aryl methyl sites for hydroxylation is 2. The van der Waals surface area contributed by atoms with Crippen LogP contribution >= 0.6 is 0 Å². The van der Waals surface area contributed by atoms with Crippen molar-refractivity contribution >= 4 is 22.4 Å². The highest BCUT2D eigenvalue weighted by Gasteiger charge is 2.17.